The number of amides is 1. The summed E-state index contributed by atoms with van der Waals surface area (Å²) < 4.78 is 13.6. The Morgan fingerprint density at radius 2 is 1.76 bits per heavy atom. The number of carbonyl (C=O) groups is 1. The van der Waals surface area contributed by atoms with Crippen molar-refractivity contribution in [3.05, 3.63) is 76.7 Å². The van der Waals surface area contributed by atoms with Crippen LogP contribution in [0.15, 0.2) is 54.6 Å². The summed E-state index contributed by atoms with van der Waals surface area (Å²) in [6.07, 6.45) is 0. The molecule has 0 aliphatic heterocycles. The molecule has 0 spiro atoms. The van der Waals surface area contributed by atoms with Crippen LogP contribution in [0.2, 0.25) is 5.02 Å². The van der Waals surface area contributed by atoms with E-state index in [4.69, 9.17) is 11.6 Å². The van der Waals surface area contributed by atoms with Crippen molar-refractivity contribution in [2.24, 2.45) is 0 Å². The maximum absolute atomic E-state index is 13.6. The topological polar surface area (TPSA) is 66.9 Å². The smallest absolute Gasteiger partial charge is 0.276 e. The quantitative estimate of drug-likeness (QED) is 0.718. The first-order chi connectivity index (χ1) is 12.0. The lowest BCUT2D eigenvalue weighted by atomic mass is 10.2. The lowest BCUT2D eigenvalue weighted by Crippen LogP contribution is -2.15. The van der Waals surface area contributed by atoms with Crippen molar-refractivity contribution in [1.29, 1.82) is 0 Å². The average molecular weight is 357 g/mol. The van der Waals surface area contributed by atoms with Gasteiger partial charge < -0.3 is 10.6 Å². The standard InChI is InChI=1S/C18H14ClFN4O/c1-11-12(19)5-4-8-14(11)22-18(25)16-9-10-17(24-23-16)21-15-7-3-2-6-13(15)20/h2-10H,1H3,(H,21,24)(H,22,25). The van der Waals surface area contributed by atoms with Crippen molar-refractivity contribution in [2.45, 2.75) is 6.92 Å². The van der Waals surface area contributed by atoms with Gasteiger partial charge in [0.05, 0.1) is 5.69 Å². The molecule has 5 nitrogen and oxygen atoms in total. The SMILES string of the molecule is Cc1c(Cl)cccc1NC(=O)c1ccc(Nc2ccccc2F)nn1. The lowest BCUT2D eigenvalue weighted by molar-refractivity contribution is 0.102. The molecule has 7 heteroatoms. The minimum atomic E-state index is -0.407. The van der Waals surface area contributed by atoms with Gasteiger partial charge in [-0.25, -0.2) is 4.39 Å². The Bertz CT molecular complexity index is 915. The molecular weight excluding hydrogens is 343 g/mol. The van der Waals surface area contributed by atoms with Crippen LogP contribution in [0.3, 0.4) is 0 Å². The first-order valence-electron chi connectivity index (χ1n) is 7.46. The summed E-state index contributed by atoms with van der Waals surface area (Å²) in [5, 5.41) is 13.9. The van der Waals surface area contributed by atoms with E-state index in [1.54, 1.807) is 42.5 Å². The molecule has 3 aromatic rings. The maximum atomic E-state index is 13.6. The number of para-hydroxylation sites is 1. The van der Waals surface area contributed by atoms with Gasteiger partial charge in [-0.15, -0.1) is 10.2 Å². The third kappa shape index (κ3) is 3.92. The van der Waals surface area contributed by atoms with E-state index in [-0.39, 0.29) is 11.4 Å². The molecule has 0 radical (unpaired) electrons. The molecular formula is C18H14ClFN4O. The highest BCUT2D eigenvalue weighted by atomic mass is 35.5. The Balaban J connectivity index is 1.72. The van der Waals surface area contributed by atoms with Crippen LogP contribution in [0.5, 0.6) is 0 Å². The second-order valence-electron chi connectivity index (χ2n) is 5.28. The van der Waals surface area contributed by atoms with Crippen molar-refractivity contribution in [2.75, 3.05) is 10.6 Å². The van der Waals surface area contributed by atoms with Gasteiger partial charge in [-0.1, -0.05) is 29.8 Å². The highest BCUT2D eigenvalue weighted by Crippen LogP contribution is 2.23. The Hall–Kier alpha value is -2.99. The normalized spacial score (nSPS) is 10.4. The van der Waals surface area contributed by atoms with Gasteiger partial charge in [0.1, 0.15) is 5.82 Å². The fourth-order valence-corrected chi connectivity index (χ4v) is 2.32. The van der Waals surface area contributed by atoms with E-state index in [0.29, 0.717) is 16.5 Å². The van der Waals surface area contributed by atoms with Crippen LogP contribution in [0, 0.1) is 12.7 Å². The van der Waals surface area contributed by atoms with E-state index in [2.05, 4.69) is 20.8 Å². The Kier molecular flexibility index (Phi) is 4.90. The molecule has 0 saturated heterocycles. The van der Waals surface area contributed by atoms with Gasteiger partial charge in [0.15, 0.2) is 11.5 Å². The zero-order chi connectivity index (χ0) is 17.8. The molecule has 0 aliphatic rings. The first-order valence-corrected chi connectivity index (χ1v) is 7.84. The molecule has 3 rings (SSSR count). The number of aromatic nitrogens is 2. The van der Waals surface area contributed by atoms with Crippen LogP contribution in [0.4, 0.5) is 21.6 Å². The molecule has 2 N–H and O–H groups in total. The maximum Gasteiger partial charge on any atom is 0.276 e. The van der Waals surface area contributed by atoms with Gasteiger partial charge in [-0.05, 0) is 48.9 Å². The summed E-state index contributed by atoms with van der Waals surface area (Å²) in [5.74, 6) is -0.474. The molecule has 0 aliphatic carbocycles. The summed E-state index contributed by atoms with van der Waals surface area (Å²) in [5.41, 5.74) is 1.79. The van der Waals surface area contributed by atoms with E-state index in [0.717, 1.165) is 5.56 Å². The van der Waals surface area contributed by atoms with Gasteiger partial charge in [0.25, 0.3) is 5.91 Å². The van der Waals surface area contributed by atoms with Crippen LogP contribution in [0.25, 0.3) is 0 Å². The molecule has 0 atom stereocenters. The third-order valence-electron chi connectivity index (χ3n) is 3.55. The van der Waals surface area contributed by atoms with Crippen LogP contribution in [-0.2, 0) is 0 Å². The van der Waals surface area contributed by atoms with E-state index >= 15 is 0 Å². The summed E-state index contributed by atoms with van der Waals surface area (Å²) in [4.78, 5) is 12.3. The van der Waals surface area contributed by atoms with E-state index < -0.39 is 11.7 Å². The van der Waals surface area contributed by atoms with E-state index in [1.165, 1.54) is 12.1 Å². The van der Waals surface area contributed by atoms with Gasteiger partial charge in [0.2, 0.25) is 0 Å². The minimum absolute atomic E-state index is 0.137. The highest BCUT2D eigenvalue weighted by Gasteiger charge is 2.11. The van der Waals surface area contributed by atoms with Crippen molar-refractivity contribution >= 4 is 34.7 Å². The second kappa shape index (κ2) is 7.27. The zero-order valence-electron chi connectivity index (χ0n) is 13.3. The monoisotopic (exact) mass is 356 g/mol. The number of hydrogen-bond acceptors (Lipinski definition) is 4. The van der Waals surface area contributed by atoms with Gasteiger partial charge in [-0.3, -0.25) is 4.79 Å². The molecule has 126 valence electrons. The summed E-state index contributed by atoms with van der Waals surface area (Å²) >= 11 is 6.04. The average Bonchev–Trinajstić information content (AvgIpc) is 2.61. The predicted molar refractivity (Wildman–Crippen MR) is 95.9 cm³/mol. The minimum Gasteiger partial charge on any atom is -0.336 e. The van der Waals surface area contributed by atoms with Gasteiger partial charge in [0, 0.05) is 10.7 Å². The van der Waals surface area contributed by atoms with Crippen LogP contribution < -0.4 is 10.6 Å². The third-order valence-corrected chi connectivity index (χ3v) is 3.96. The van der Waals surface area contributed by atoms with Gasteiger partial charge in [-0.2, -0.15) is 0 Å². The van der Waals surface area contributed by atoms with Crippen molar-refractivity contribution < 1.29 is 9.18 Å². The van der Waals surface area contributed by atoms with Crippen LogP contribution in [0.1, 0.15) is 16.1 Å². The number of nitrogens with one attached hydrogen (secondary N) is 2. The molecule has 0 saturated carbocycles. The van der Waals surface area contributed by atoms with Crippen LogP contribution in [-0.4, -0.2) is 16.1 Å². The van der Waals surface area contributed by atoms with Crippen molar-refractivity contribution in [3.8, 4) is 0 Å². The summed E-state index contributed by atoms with van der Waals surface area (Å²) in [6.45, 7) is 1.81. The number of halogens is 2. The number of benzene rings is 2. The number of anilines is 3. The molecule has 25 heavy (non-hydrogen) atoms. The Labute approximate surface area is 148 Å². The summed E-state index contributed by atoms with van der Waals surface area (Å²) in [6, 6.07) is 14.5. The molecule has 2 aromatic carbocycles. The van der Waals surface area contributed by atoms with Gasteiger partial charge >= 0.3 is 0 Å². The Morgan fingerprint density at radius 1 is 1.00 bits per heavy atom. The lowest BCUT2D eigenvalue weighted by Gasteiger charge is -2.09. The van der Waals surface area contributed by atoms with Crippen molar-refractivity contribution in [3.63, 3.8) is 0 Å². The first kappa shape index (κ1) is 16.9. The second-order valence-corrected chi connectivity index (χ2v) is 5.68. The Morgan fingerprint density at radius 3 is 2.48 bits per heavy atom. The number of rotatable bonds is 4. The number of carbonyl (C=O) groups excluding carboxylic acids is 1. The van der Waals surface area contributed by atoms with Crippen LogP contribution >= 0.6 is 11.6 Å². The highest BCUT2D eigenvalue weighted by molar-refractivity contribution is 6.31. The van der Waals surface area contributed by atoms with E-state index in [9.17, 15) is 9.18 Å². The number of hydrogen-bond donors (Lipinski definition) is 2. The molecule has 1 amide bonds. The van der Waals surface area contributed by atoms with E-state index in [1.807, 2.05) is 6.92 Å². The number of nitrogens with zero attached hydrogens (tertiary/aromatic N) is 2. The molecule has 0 unspecified atom stereocenters. The summed E-state index contributed by atoms with van der Waals surface area (Å²) in [7, 11) is 0. The molecule has 0 fully saturated rings. The van der Waals surface area contributed by atoms with Crippen molar-refractivity contribution in [1.82, 2.24) is 10.2 Å². The fourth-order valence-electron chi connectivity index (χ4n) is 2.15. The molecule has 1 heterocycles. The zero-order valence-corrected chi connectivity index (χ0v) is 14.0. The predicted octanol–water partition coefficient (Wildman–Crippen LogP) is 4.57. The fraction of sp³-hybridized carbons (Fsp3) is 0.0556. The molecule has 0 bridgehead atoms. The molecule has 1 aromatic heterocycles. The largest absolute Gasteiger partial charge is 0.336 e.